The summed E-state index contributed by atoms with van der Waals surface area (Å²) in [6.45, 7) is 4.11. The van der Waals surface area contributed by atoms with Crippen molar-refractivity contribution in [2.75, 3.05) is 32.8 Å². The molecule has 7 heteroatoms. The van der Waals surface area contributed by atoms with E-state index >= 15 is 0 Å². The monoisotopic (exact) mass is 373 g/mol. The van der Waals surface area contributed by atoms with Gasteiger partial charge in [-0.2, -0.15) is 0 Å². The Labute approximate surface area is 156 Å². The van der Waals surface area contributed by atoms with Gasteiger partial charge in [0, 0.05) is 31.7 Å². The van der Waals surface area contributed by atoms with Crippen LogP contribution in [0.3, 0.4) is 0 Å². The highest BCUT2D eigenvalue weighted by atomic mass is 32.1. The molecule has 6 nitrogen and oxygen atoms in total. The van der Waals surface area contributed by atoms with Gasteiger partial charge in [0.25, 0.3) is 5.91 Å². The molecule has 0 radical (unpaired) electrons. The van der Waals surface area contributed by atoms with E-state index in [2.05, 4.69) is 4.98 Å². The molecule has 0 aliphatic carbocycles. The molecule has 4 rings (SSSR count). The summed E-state index contributed by atoms with van der Waals surface area (Å²) in [4.78, 5) is 33.9. The number of aryl methyl sites for hydroxylation is 1. The minimum Gasteiger partial charge on any atom is -0.395 e. The van der Waals surface area contributed by atoms with Crippen molar-refractivity contribution >= 4 is 33.4 Å². The van der Waals surface area contributed by atoms with Crippen LogP contribution < -0.4 is 0 Å². The first-order chi connectivity index (χ1) is 12.5. The van der Waals surface area contributed by atoms with Gasteiger partial charge in [0.2, 0.25) is 5.91 Å². The molecule has 1 atom stereocenters. The maximum atomic E-state index is 13.0. The van der Waals surface area contributed by atoms with Crippen LogP contribution in [0.5, 0.6) is 0 Å². The van der Waals surface area contributed by atoms with Crippen LogP contribution in [0.2, 0.25) is 0 Å². The number of piperidine rings is 1. The number of aliphatic hydroxyl groups is 1. The summed E-state index contributed by atoms with van der Waals surface area (Å²) in [6, 6.07) is 5.66. The van der Waals surface area contributed by atoms with E-state index in [1.807, 2.05) is 25.1 Å². The molecule has 2 aliphatic heterocycles. The van der Waals surface area contributed by atoms with Gasteiger partial charge in [0.05, 0.1) is 27.2 Å². The Bertz CT molecular complexity index is 863. The smallest absolute Gasteiger partial charge is 0.253 e. The van der Waals surface area contributed by atoms with Gasteiger partial charge in [0.15, 0.2) is 0 Å². The van der Waals surface area contributed by atoms with Crippen molar-refractivity contribution in [3.8, 4) is 0 Å². The molecule has 3 heterocycles. The van der Waals surface area contributed by atoms with Gasteiger partial charge >= 0.3 is 0 Å². The summed E-state index contributed by atoms with van der Waals surface area (Å²) >= 11 is 1.62. The topological polar surface area (TPSA) is 73.7 Å². The normalized spacial score (nSPS) is 23.4. The number of β-amino-alcohol motifs (C(OH)–C–C–N with tert-alkyl or cyclic N) is 1. The number of nitrogens with zero attached hydrogens (tertiary/aromatic N) is 3. The van der Waals surface area contributed by atoms with Crippen LogP contribution in [0.1, 0.15) is 34.6 Å². The fourth-order valence-corrected chi connectivity index (χ4v) is 5.08. The summed E-state index contributed by atoms with van der Waals surface area (Å²) in [6.07, 6.45) is 2.46. The first-order valence-electron chi connectivity index (χ1n) is 9.09. The third-order valence-corrected chi connectivity index (χ3v) is 6.53. The highest BCUT2D eigenvalue weighted by Gasteiger charge is 2.49. The van der Waals surface area contributed by atoms with E-state index in [4.69, 9.17) is 0 Å². The van der Waals surface area contributed by atoms with Crippen molar-refractivity contribution in [2.45, 2.75) is 26.2 Å². The second-order valence-electron chi connectivity index (χ2n) is 7.29. The average molecular weight is 373 g/mol. The van der Waals surface area contributed by atoms with E-state index in [-0.39, 0.29) is 18.4 Å². The fraction of sp³-hybridized carbons (Fsp3) is 0.526. The van der Waals surface area contributed by atoms with Crippen molar-refractivity contribution in [3.63, 3.8) is 0 Å². The summed E-state index contributed by atoms with van der Waals surface area (Å²) in [5.74, 6) is 0.0696. The first kappa shape index (κ1) is 17.4. The van der Waals surface area contributed by atoms with E-state index in [0.29, 0.717) is 38.2 Å². The lowest BCUT2D eigenvalue weighted by molar-refractivity contribution is -0.146. The quantitative estimate of drug-likeness (QED) is 0.894. The maximum Gasteiger partial charge on any atom is 0.253 e. The largest absolute Gasteiger partial charge is 0.395 e. The summed E-state index contributed by atoms with van der Waals surface area (Å²) in [7, 11) is 0. The molecule has 0 saturated carbocycles. The van der Waals surface area contributed by atoms with Gasteiger partial charge in [0.1, 0.15) is 0 Å². The Morgan fingerprint density at radius 2 is 2.19 bits per heavy atom. The van der Waals surface area contributed by atoms with Crippen LogP contribution in [0.15, 0.2) is 18.2 Å². The molecular weight excluding hydrogens is 350 g/mol. The van der Waals surface area contributed by atoms with Crippen LogP contribution >= 0.6 is 11.3 Å². The number of hydrogen-bond donors (Lipinski definition) is 1. The number of likely N-dealkylation sites (tertiary alicyclic amines) is 2. The zero-order chi connectivity index (χ0) is 18.3. The molecule has 1 N–H and O–H groups in total. The van der Waals surface area contributed by atoms with Crippen molar-refractivity contribution in [1.82, 2.24) is 14.8 Å². The van der Waals surface area contributed by atoms with Gasteiger partial charge < -0.3 is 14.9 Å². The molecule has 1 unspecified atom stereocenters. The van der Waals surface area contributed by atoms with Crippen molar-refractivity contribution in [1.29, 1.82) is 0 Å². The third-order valence-electron chi connectivity index (χ3n) is 5.58. The number of fused-ring (bicyclic) bond motifs is 1. The van der Waals surface area contributed by atoms with Gasteiger partial charge in [-0.1, -0.05) is 0 Å². The number of thiazole rings is 1. The zero-order valence-electron chi connectivity index (χ0n) is 14.9. The Morgan fingerprint density at radius 1 is 1.35 bits per heavy atom. The molecule has 1 aromatic heterocycles. The van der Waals surface area contributed by atoms with Crippen LogP contribution in [0.4, 0.5) is 0 Å². The van der Waals surface area contributed by atoms with Crippen LogP contribution in [0.25, 0.3) is 10.2 Å². The SMILES string of the molecule is Cc1nc2cc(C(=O)N3CCC4(CCCN(CCO)C4=O)C3)ccc2s1. The standard InChI is InChI=1S/C19H23N3O3S/c1-13-20-15-11-14(3-4-16(15)26-13)17(24)22-8-6-19(12-22)5-2-7-21(9-10-23)18(19)25/h3-4,11,23H,2,5-10,12H2,1H3. The summed E-state index contributed by atoms with van der Waals surface area (Å²) in [5.41, 5.74) is 1.02. The second kappa shape index (κ2) is 6.63. The number of hydrogen-bond acceptors (Lipinski definition) is 5. The number of rotatable bonds is 3. The minimum atomic E-state index is -0.468. The van der Waals surface area contributed by atoms with E-state index in [1.165, 1.54) is 0 Å². The lowest BCUT2D eigenvalue weighted by atomic mass is 9.78. The van der Waals surface area contributed by atoms with Crippen LogP contribution in [0, 0.1) is 12.3 Å². The highest BCUT2D eigenvalue weighted by Crippen LogP contribution is 2.40. The highest BCUT2D eigenvalue weighted by molar-refractivity contribution is 7.18. The number of aliphatic hydroxyl groups excluding tert-OH is 1. The van der Waals surface area contributed by atoms with E-state index < -0.39 is 5.41 Å². The van der Waals surface area contributed by atoms with Gasteiger partial charge in [-0.25, -0.2) is 4.98 Å². The number of aromatic nitrogens is 1. The first-order valence-corrected chi connectivity index (χ1v) is 9.91. The van der Waals surface area contributed by atoms with Gasteiger partial charge in [-0.05, 0) is 44.4 Å². The zero-order valence-corrected chi connectivity index (χ0v) is 15.7. The molecule has 1 spiro atoms. The van der Waals surface area contributed by atoms with Crippen LogP contribution in [-0.4, -0.2) is 64.5 Å². The average Bonchev–Trinajstić information content (AvgIpc) is 3.21. The summed E-state index contributed by atoms with van der Waals surface area (Å²) in [5, 5.41) is 10.2. The van der Waals surface area contributed by atoms with Crippen molar-refractivity contribution < 1.29 is 14.7 Å². The Morgan fingerprint density at radius 3 is 3.00 bits per heavy atom. The molecule has 2 amide bonds. The second-order valence-corrected chi connectivity index (χ2v) is 8.53. The Kier molecular flexibility index (Phi) is 4.44. The maximum absolute atomic E-state index is 13.0. The minimum absolute atomic E-state index is 0.0163. The van der Waals surface area contributed by atoms with Crippen LogP contribution in [-0.2, 0) is 4.79 Å². The molecule has 0 bridgehead atoms. The lowest BCUT2D eigenvalue weighted by Gasteiger charge is -2.39. The predicted octanol–water partition coefficient (Wildman–Crippen LogP) is 2.05. The summed E-state index contributed by atoms with van der Waals surface area (Å²) < 4.78 is 1.08. The molecule has 2 saturated heterocycles. The number of carbonyl (C=O) groups is 2. The Balaban J connectivity index is 1.53. The molecule has 2 fully saturated rings. The van der Waals surface area contributed by atoms with Gasteiger partial charge in [-0.15, -0.1) is 11.3 Å². The fourth-order valence-electron chi connectivity index (χ4n) is 4.27. The Hall–Kier alpha value is -1.99. The predicted molar refractivity (Wildman–Crippen MR) is 100 cm³/mol. The van der Waals surface area contributed by atoms with E-state index in [0.717, 1.165) is 28.1 Å². The molecular formula is C19H23N3O3S. The molecule has 26 heavy (non-hydrogen) atoms. The number of amides is 2. The van der Waals surface area contributed by atoms with E-state index in [9.17, 15) is 14.7 Å². The molecule has 2 aromatic rings. The van der Waals surface area contributed by atoms with Crippen molar-refractivity contribution in [2.24, 2.45) is 5.41 Å². The van der Waals surface area contributed by atoms with Crippen molar-refractivity contribution in [3.05, 3.63) is 28.8 Å². The number of carbonyl (C=O) groups excluding carboxylic acids is 2. The number of benzene rings is 1. The molecule has 2 aliphatic rings. The lowest BCUT2D eigenvalue weighted by Crippen LogP contribution is -2.51. The van der Waals surface area contributed by atoms with E-state index in [1.54, 1.807) is 21.1 Å². The molecule has 138 valence electrons. The van der Waals surface area contributed by atoms with Gasteiger partial charge in [-0.3, -0.25) is 9.59 Å². The molecule has 1 aromatic carbocycles. The third kappa shape index (κ3) is 2.89.